The highest BCUT2D eigenvalue weighted by atomic mass is 35.5. The molecule has 1 aromatic rings. The Kier molecular flexibility index (Phi) is 9.67. The Morgan fingerprint density at radius 2 is 1.95 bits per heavy atom. The van der Waals surface area contributed by atoms with Crippen molar-refractivity contribution in [3.8, 4) is 0 Å². The van der Waals surface area contributed by atoms with Crippen molar-refractivity contribution in [2.75, 3.05) is 0 Å². The Bertz CT molecular complexity index is 416. The predicted molar refractivity (Wildman–Crippen MR) is 90.1 cm³/mol. The monoisotopic (exact) mass is 341 g/mol. The van der Waals surface area contributed by atoms with Crippen molar-refractivity contribution in [2.45, 2.75) is 58.5 Å². The van der Waals surface area contributed by atoms with Gasteiger partial charge in [0.15, 0.2) is 0 Å². The van der Waals surface area contributed by atoms with Crippen LogP contribution in [0, 0.1) is 0 Å². The van der Waals surface area contributed by atoms with Crippen LogP contribution < -0.4 is 11.1 Å². The van der Waals surface area contributed by atoms with E-state index in [1.54, 1.807) is 11.3 Å². The molecule has 0 fully saturated rings. The number of hydrogen-bond donors (Lipinski definition) is 2. The van der Waals surface area contributed by atoms with Gasteiger partial charge in [-0.05, 0) is 13.8 Å². The van der Waals surface area contributed by atoms with E-state index in [9.17, 15) is 4.79 Å². The topological polar surface area (TPSA) is 68.0 Å². The molecule has 118 valence electrons. The summed E-state index contributed by atoms with van der Waals surface area (Å²) >= 11 is 1.59. The van der Waals surface area contributed by atoms with E-state index in [-0.39, 0.29) is 48.2 Å². The van der Waals surface area contributed by atoms with Crippen molar-refractivity contribution in [3.05, 3.63) is 16.1 Å². The van der Waals surface area contributed by atoms with Crippen molar-refractivity contribution >= 4 is 42.1 Å². The number of aromatic nitrogens is 1. The van der Waals surface area contributed by atoms with Crippen LogP contribution in [0.25, 0.3) is 0 Å². The standard InChI is InChI=1S/C13H23N3OS.2ClH/c1-8(14)6-11(17)15-9(2)12-16-10(7-18-12)13(3,4)5;;/h7-9H,6,14H2,1-5H3,(H,15,17);2*1H. The van der Waals surface area contributed by atoms with Gasteiger partial charge >= 0.3 is 0 Å². The van der Waals surface area contributed by atoms with Gasteiger partial charge in [0.25, 0.3) is 0 Å². The Balaban J connectivity index is 0. The van der Waals surface area contributed by atoms with E-state index < -0.39 is 0 Å². The maximum Gasteiger partial charge on any atom is 0.222 e. The fourth-order valence-electron chi connectivity index (χ4n) is 1.49. The number of rotatable bonds is 4. The number of thiazole rings is 1. The Morgan fingerprint density at radius 3 is 2.35 bits per heavy atom. The molecule has 1 aromatic heterocycles. The first-order valence-electron chi connectivity index (χ1n) is 6.21. The summed E-state index contributed by atoms with van der Waals surface area (Å²) in [5.74, 6) is -0.0231. The summed E-state index contributed by atoms with van der Waals surface area (Å²) in [6, 6.07) is -0.170. The number of amides is 1. The minimum absolute atomic E-state index is 0. The predicted octanol–water partition coefficient (Wildman–Crippen LogP) is 3.20. The molecule has 1 amide bonds. The Labute approximate surface area is 137 Å². The van der Waals surface area contributed by atoms with Crippen LogP contribution in [0.3, 0.4) is 0 Å². The lowest BCUT2D eigenvalue weighted by atomic mass is 9.93. The highest BCUT2D eigenvalue weighted by Gasteiger charge is 2.20. The smallest absolute Gasteiger partial charge is 0.222 e. The van der Waals surface area contributed by atoms with E-state index in [0.29, 0.717) is 6.42 Å². The molecule has 0 aliphatic carbocycles. The van der Waals surface area contributed by atoms with Crippen molar-refractivity contribution in [1.29, 1.82) is 0 Å². The van der Waals surface area contributed by atoms with Gasteiger partial charge in [-0.3, -0.25) is 4.79 Å². The molecule has 0 aliphatic heterocycles. The Morgan fingerprint density at radius 1 is 1.40 bits per heavy atom. The average molecular weight is 342 g/mol. The molecule has 0 saturated carbocycles. The average Bonchev–Trinajstić information content (AvgIpc) is 2.63. The maximum absolute atomic E-state index is 11.6. The molecule has 2 atom stereocenters. The number of nitrogens with zero attached hydrogens (tertiary/aromatic N) is 1. The second-order valence-electron chi connectivity index (χ2n) is 5.79. The molecule has 0 saturated heterocycles. The van der Waals surface area contributed by atoms with E-state index in [4.69, 9.17) is 5.73 Å². The molecule has 7 heteroatoms. The second-order valence-corrected chi connectivity index (χ2v) is 6.68. The van der Waals surface area contributed by atoms with E-state index in [2.05, 4.69) is 36.5 Å². The summed E-state index contributed by atoms with van der Waals surface area (Å²) in [5.41, 5.74) is 6.71. The SMILES string of the molecule is CC(N)CC(=O)NC(C)c1nc(C(C)(C)C)cs1.Cl.Cl. The number of hydrogen-bond acceptors (Lipinski definition) is 4. The fraction of sp³-hybridized carbons (Fsp3) is 0.692. The van der Waals surface area contributed by atoms with Gasteiger partial charge < -0.3 is 11.1 Å². The van der Waals surface area contributed by atoms with Gasteiger partial charge in [0.05, 0.1) is 11.7 Å². The van der Waals surface area contributed by atoms with E-state index in [0.717, 1.165) is 10.7 Å². The molecule has 0 aliphatic rings. The first kappa shape index (κ1) is 21.9. The van der Waals surface area contributed by atoms with Crippen molar-refractivity contribution in [2.24, 2.45) is 5.73 Å². The lowest BCUT2D eigenvalue weighted by Gasteiger charge is -2.15. The van der Waals surface area contributed by atoms with Crippen LogP contribution in [-0.2, 0) is 10.2 Å². The Hall–Kier alpha value is -0.360. The van der Waals surface area contributed by atoms with Gasteiger partial charge in [-0.25, -0.2) is 4.98 Å². The van der Waals surface area contributed by atoms with Crippen LogP contribution in [0.2, 0.25) is 0 Å². The lowest BCUT2D eigenvalue weighted by Crippen LogP contribution is -2.31. The van der Waals surface area contributed by atoms with Gasteiger partial charge in [0.2, 0.25) is 5.91 Å². The zero-order valence-corrected chi connectivity index (χ0v) is 15.0. The van der Waals surface area contributed by atoms with Crippen LogP contribution >= 0.6 is 36.2 Å². The summed E-state index contributed by atoms with van der Waals surface area (Å²) in [6.07, 6.45) is 0.349. The molecule has 1 rings (SSSR count). The van der Waals surface area contributed by atoms with Gasteiger partial charge in [-0.15, -0.1) is 36.2 Å². The minimum atomic E-state index is -0.112. The number of carbonyl (C=O) groups is 1. The third kappa shape index (κ3) is 6.88. The molecule has 0 spiro atoms. The summed E-state index contributed by atoms with van der Waals surface area (Å²) in [4.78, 5) is 16.2. The van der Waals surface area contributed by atoms with Crippen LogP contribution in [-0.4, -0.2) is 16.9 Å². The zero-order valence-electron chi connectivity index (χ0n) is 12.6. The molecule has 3 N–H and O–H groups in total. The summed E-state index contributed by atoms with van der Waals surface area (Å²) in [7, 11) is 0. The van der Waals surface area contributed by atoms with Crippen LogP contribution in [0.15, 0.2) is 5.38 Å². The highest BCUT2D eigenvalue weighted by molar-refractivity contribution is 7.09. The molecule has 4 nitrogen and oxygen atoms in total. The lowest BCUT2D eigenvalue weighted by molar-refractivity contribution is -0.122. The van der Waals surface area contributed by atoms with E-state index in [1.807, 2.05) is 13.8 Å². The summed E-state index contributed by atoms with van der Waals surface area (Å²) < 4.78 is 0. The maximum atomic E-state index is 11.6. The normalized spacial score (nSPS) is 13.7. The molecule has 20 heavy (non-hydrogen) atoms. The van der Waals surface area contributed by atoms with Crippen molar-refractivity contribution in [1.82, 2.24) is 10.3 Å². The van der Waals surface area contributed by atoms with Crippen LogP contribution in [0.4, 0.5) is 0 Å². The largest absolute Gasteiger partial charge is 0.347 e. The summed E-state index contributed by atoms with van der Waals surface area (Å²) in [5, 5.41) is 5.92. The van der Waals surface area contributed by atoms with Gasteiger partial charge in [0.1, 0.15) is 5.01 Å². The van der Waals surface area contributed by atoms with Crippen molar-refractivity contribution < 1.29 is 4.79 Å². The number of nitrogens with one attached hydrogen (secondary N) is 1. The third-order valence-electron chi connectivity index (χ3n) is 2.55. The third-order valence-corrected chi connectivity index (χ3v) is 3.57. The molecule has 0 radical (unpaired) electrons. The molecule has 2 unspecified atom stereocenters. The first-order chi connectivity index (χ1) is 8.20. The number of carbonyl (C=O) groups excluding carboxylic acids is 1. The number of nitrogens with two attached hydrogens (primary N) is 1. The van der Waals surface area contributed by atoms with Gasteiger partial charge in [-0.2, -0.15) is 0 Å². The van der Waals surface area contributed by atoms with Gasteiger partial charge in [-0.1, -0.05) is 20.8 Å². The molecule has 1 heterocycles. The highest BCUT2D eigenvalue weighted by Crippen LogP contribution is 2.26. The number of halogens is 2. The zero-order chi connectivity index (χ0) is 13.9. The quantitative estimate of drug-likeness (QED) is 0.883. The molecule has 0 bridgehead atoms. The van der Waals surface area contributed by atoms with E-state index >= 15 is 0 Å². The van der Waals surface area contributed by atoms with E-state index in [1.165, 1.54) is 0 Å². The fourth-order valence-corrected chi connectivity index (χ4v) is 2.54. The summed E-state index contributed by atoms with van der Waals surface area (Å²) in [6.45, 7) is 10.2. The van der Waals surface area contributed by atoms with Crippen LogP contribution in [0.5, 0.6) is 0 Å². The van der Waals surface area contributed by atoms with Crippen molar-refractivity contribution in [3.63, 3.8) is 0 Å². The minimum Gasteiger partial charge on any atom is -0.347 e. The molecular weight excluding hydrogens is 317 g/mol. The first-order valence-corrected chi connectivity index (χ1v) is 7.09. The van der Waals surface area contributed by atoms with Crippen LogP contribution in [0.1, 0.15) is 57.8 Å². The molecular formula is C13H25Cl2N3OS. The second kappa shape index (κ2) is 8.82. The molecule has 0 aromatic carbocycles. The van der Waals surface area contributed by atoms with Gasteiger partial charge in [0, 0.05) is 23.3 Å².